The predicted octanol–water partition coefficient (Wildman–Crippen LogP) is 3.94. The Labute approximate surface area is 136 Å². The van der Waals surface area contributed by atoms with Crippen LogP contribution >= 0.6 is 15.9 Å². The van der Waals surface area contributed by atoms with Gasteiger partial charge in [0.15, 0.2) is 0 Å². The lowest BCUT2D eigenvalue weighted by Crippen LogP contribution is -2.51. The summed E-state index contributed by atoms with van der Waals surface area (Å²) in [6.45, 7) is 8.32. The van der Waals surface area contributed by atoms with Crippen molar-refractivity contribution in [2.75, 3.05) is 0 Å². The number of nitrogens with zero attached hydrogens (tertiary/aromatic N) is 1. The van der Waals surface area contributed by atoms with Gasteiger partial charge in [-0.05, 0) is 57.7 Å². The lowest BCUT2D eigenvalue weighted by atomic mass is 9.91. The Balaban J connectivity index is 2.51. The molecule has 1 saturated heterocycles. The summed E-state index contributed by atoms with van der Waals surface area (Å²) in [5, 5.41) is 0. The third-order valence-electron chi connectivity index (χ3n) is 4.13. The van der Waals surface area contributed by atoms with Crippen LogP contribution in [-0.4, -0.2) is 22.4 Å². The van der Waals surface area contributed by atoms with E-state index in [1.54, 1.807) is 0 Å². The van der Waals surface area contributed by atoms with Gasteiger partial charge in [0.2, 0.25) is 5.91 Å². The van der Waals surface area contributed by atoms with Crippen LogP contribution in [0.2, 0.25) is 0 Å². The van der Waals surface area contributed by atoms with Crippen molar-refractivity contribution in [1.29, 1.82) is 0 Å². The van der Waals surface area contributed by atoms with Crippen molar-refractivity contribution >= 4 is 21.8 Å². The molecule has 1 amide bonds. The van der Waals surface area contributed by atoms with E-state index in [-0.39, 0.29) is 23.5 Å². The molecule has 116 valence electrons. The van der Waals surface area contributed by atoms with E-state index in [4.69, 9.17) is 5.73 Å². The summed E-state index contributed by atoms with van der Waals surface area (Å²) in [6.07, 6.45) is 2.35. The van der Waals surface area contributed by atoms with Crippen LogP contribution in [0.15, 0.2) is 22.7 Å². The van der Waals surface area contributed by atoms with Crippen LogP contribution < -0.4 is 5.73 Å². The molecule has 0 aromatic heterocycles. The molecule has 1 aliphatic heterocycles. The van der Waals surface area contributed by atoms with Crippen molar-refractivity contribution in [2.24, 2.45) is 5.73 Å². The van der Waals surface area contributed by atoms with Crippen LogP contribution in [0.4, 0.5) is 0 Å². The summed E-state index contributed by atoms with van der Waals surface area (Å²) in [5.41, 5.74) is 8.52. The number of halogens is 1. The highest BCUT2D eigenvalue weighted by Gasteiger charge is 2.38. The second kappa shape index (κ2) is 6.09. The van der Waals surface area contributed by atoms with E-state index in [1.165, 1.54) is 5.56 Å². The van der Waals surface area contributed by atoms with Gasteiger partial charge in [0.25, 0.3) is 0 Å². The number of carbonyl (C=O) groups excluding carboxylic acids is 1. The van der Waals surface area contributed by atoms with Gasteiger partial charge in [-0.15, -0.1) is 0 Å². The Hall–Kier alpha value is -0.870. The van der Waals surface area contributed by atoms with Gasteiger partial charge in [-0.2, -0.15) is 0 Å². The summed E-state index contributed by atoms with van der Waals surface area (Å²) in [5.74, 6) is 0.209. The number of hydrogen-bond donors (Lipinski definition) is 1. The molecule has 1 heterocycles. The molecule has 0 saturated carbocycles. The monoisotopic (exact) mass is 352 g/mol. The molecule has 3 nitrogen and oxygen atoms in total. The number of amides is 1. The molecule has 4 heteroatoms. The summed E-state index contributed by atoms with van der Waals surface area (Å²) >= 11 is 3.54. The number of rotatable bonds is 1. The molecular formula is C17H25BrN2O. The standard InChI is InChI=1S/C17H25BrN2O/c1-11-10-12(8-9-13(11)18)16-14(19)6-5-7-15(21)20(16)17(2,3)4/h8-10,14,16H,5-7,19H2,1-4H3. The minimum atomic E-state index is -0.231. The minimum absolute atomic E-state index is 0.0174. The van der Waals surface area contributed by atoms with Crippen LogP contribution in [0.25, 0.3) is 0 Å². The highest BCUT2D eigenvalue weighted by Crippen LogP contribution is 2.36. The normalized spacial score (nSPS) is 24.1. The van der Waals surface area contributed by atoms with Gasteiger partial charge in [-0.25, -0.2) is 0 Å². The summed E-state index contributed by atoms with van der Waals surface area (Å²) in [4.78, 5) is 14.6. The second-order valence-electron chi connectivity index (χ2n) is 6.94. The number of aryl methyl sites for hydroxylation is 1. The van der Waals surface area contributed by atoms with Gasteiger partial charge >= 0.3 is 0 Å². The third-order valence-corrected chi connectivity index (χ3v) is 5.02. The van der Waals surface area contributed by atoms with Gasteiger partial charge < -0.3 is 10.6 Å². The van der Waals surface area contributed by atoms with Gasteiger partial charge in [-0.1, -0.05) is 28.1 Å². The van der Waals surface area contributed by atoms with Crippen LogP contribution in [0.5, 0.6) is 0 Å². The van der Waals surface area contributed by atoms with Gasteiger partial charge in [0.1, 0.15) is 0 Å². The van der Waals surface area contributed by atoms with E-state index < -0.39 is 0 Å². The van der Waals surface area contributed by atoms with Crippen LogP contribution in [0.3, 0.4) is 0 Å². The molecule has 21 heavy (non-hydrogen) atoms. The summed E-state index contributed by atoms with van der Waals surface area (Å²) in [7, 11) is 0. The highest BCUT2D eigenvalue weighted by atomic mass is 79.9. The Morgan fingerprint density at radius 1 is 1.33 bits per heavy atom. The van der Waals surface area contributed by atoms with Gasteiger partial charge in [0.05, 0.1) is 6.04 Å². The molecule has 2 rings (SSSR count). The number of likely N-dealkylation sites (tertiary alicyclic amines) is 1. The second-order valence-corrected chi connectivity index (χ2v) is 7.80. The molecule has 1 aromatic carbocycles. The molecule has 0 radical (unpaired) electrons. The molecule has 0 spiro atoms. The Bertz CT molecular complexity index is 536. The van der Waals surface area contributed by atoms with E-state index in [0.717, 1.165) is 22.9 Å². The topological polar surface area (TPSA) is 46.3 Å². The van der Waals surface area contributed by atoms with Crippen molar-refractivity contribution in [3.05, 3.63) is 33.8 Å². The quantitative estimate of drug-likeness (QED) is 0.831. The van der Waals surface area contributed by atoms with Crippen molar-refractivity contribution in [3.63, 3.8) is 0 Å². The summed E-state index contributed by atoms with van der Waals surface area (Å²) < 4.78 is 1.09. The first-order valence-electron chi connectivity index (χ1n) is 7.55. The fraction of sp³-hybridized carbons (Fsp3) is 0.588. The Morgan fingerprint density at radius 2 is 2.00 bits per heavy atom. The predicted molar refractivity (Wildman–Crippen MR) is 90.0 cm³/mol. The maximum Gasteiger partial charge on any atom is 0.223 e. The maximum absolute atomic E-state index is 12.6. The molecule has 1 aliphatic rings. The number of carbonyl (C=O) groups is 1. The lowest BCUT2D eigenvalue weighted by molar-refractivity contribution is -0.139. The zero-order valence-electron chi connectivity index (χ0n) is 13.3. The number of nitrogens with two attached hydrogens (primary N) is 1. The average molecular weight is 353 g/mol. The first-order valence-corrected chi connectivity index (χ1v) is 8.35. The average Bonchev–Trinajstić information content (AvgIpc) is 2.51. The van der Waals surface area contributed by atoms with Gasteiger partial charge in [0, 0.05) is 22.5 Å². The smallest absolute Gasteiger partial charge is 0.223 e. The van der Waals surface area contributed by atoms with Gasteiger partial charge in [-0.3, -0.25) is 4.79 Å². The molecule has 1 fully saturated rings. The maximum atomic E-state index is 12.6. The molecule has 2 unspecified atom stereocenters. The van der Waals surface area contributed by atoms with E-state index in [2.05, 4.69) is 55.8 Å². The minimum Gasteiger partial charge on any atom is -0.329 e. The van der Waals surface area contributed by atoms with E-state index in [0.29, 0.717) is 6.42 Å². The largest absolute Gasteiger partial charge is 0.329 e. The Kier molecular flexibility index (Phi) is 4.79. The fourth-order valence-electron chi connectivity index (χ4n) is 3.15. The number of benzene rings is 1. The van der Waals surface area contributed by atoms with E-state index in [1.807, 2.05) is 11.0 Å². The molecule has 0 bridgehead atoms. The fourth-order valence-corrected chi connectivity index (χ4v) is 3.40. The van der Waals surface area contributed by atoms with Crippen LogP contribution in [0.1, 0.15) is 57.2 Å². The SMILES string of the molecule is Cc1cc(C2C(N)CCCC(=O)N2C(C)(C)C)ccc1Br. The molecule has 2 atom stereocenters. The van der Waals surface area contributed by atoms with E-state index in [9.17, 15) is 4.79 Å². The highest BCUT2D eigenvalue weighted by molar-refractivity contribution is 9.10. The first-order chi connectivity index (χ1) is 9.71. The van der Waals surface area contributed by atoms with Crippen molar-refractivity contribution < 1.29 is 4.79 Å². The van der Waals surface area contributed by atoms with Crippen LogP contribution in [-0.2, 0) is 4.79 Å². The number of hydrogen-bond acceptors (Lipinski definition) is 2. The zero-order valence-corrected chi connectivity index (χ0v) is 14.9. The zero-order chi connectivity index (χ0) is 15.8. The first kappa shape index (κ1) is 16.5. The van der Waals surface area contributed by atoms with Crippen molar-refractivity contribution in [3.8, 4) is 0 Å². The van der Waals surface area contributed by atoms with Crippen molar-refractivity contribution in [1.82, 2.24) is 4.90 Å². The van der Waals surface area contributed by atoms with Crippen molar-refractivity contribution in [2.45, 2.75) is 64.6 Å². The van der Waals surface area contributed by atoms with Crippen LogP contribution in [0, 0.1) is 6.92 Å². The third kappa shape index (κ3) is 3.49. The Morgan fingerprint density at radius 3 is 2.57 bits per heavy atom. The molecular weight excluding hydrogens is 328 g/mol. The lowest BCUT2D eigenvalue weighted by Gasteiger charge is -2.43. The molecule has 1 aromatic rings. The summed E-state index contributed by atoms with van der Waals surface area (Å²) in [6, 6.07) is 6.21. The van der Waals surface area contributed by atoms with E-state index >= 15 is 0 Å². The molecule has 0 aliphatic carbocycles. The molecule has 2 N–H and O–H groups in total.